The second kappa shape index (κ2) is 6.24. The van der Waals surface area contributed by atoms with Crippen molar-refractivity contribution in [3.63, 3.8) is 0 Å². The fraction of sp³-hybridized carbons (Fsp3) is 0.600. The summed E-state index contributed by atoms with van der Waals surface area (Å²) in [6.45, 7) is 3.13. The summed E-state index contributed by atoms with van der Waals surface area (Å²) in [7, 11) is -3.12. The van der Waals surface area contributed by atoms with Crippen molar-refractivity contribution in [1.82, 2.24) is 4.31 Å². The lowest BCUT2D eigenvalue weighted by Crippen LogP contribution is -2.43. The lowest BCUT2D eigenvalue weighted by molar-refractivity contribution is 0.221. The molecule has 1 aliphatic heterocycles. The zero-order chi connectivity index (χ0) is 15.7. The van der Waals surface area contributed by atoms with E-state index in [1.165, 1.54) is 6.26 Å². The van der Waals surface area contributed by atoms with E-state index in [1.54, 1.807) is 4.31 Å². The third-order valence-corrected chi connectivity index (χ3v) is 5.75. The van der Waals surface area contributed by atoms with Crippen LogP contribution in [0.3, 0.4) is 0 Å². The Hall–Kier alpha value is -0.620. The van der Waals surface area contributed by atoms with Crippen LogP contribution in [0, 0.1) is 5.92 Å². The molecule has 0 bridgehead atoms. The van der Waals surface area contributed by atoms with Crippen molar-refractivity contribution in [1.29, 1.82) is 0 Å². The van der Waals surface area contributed by atoms with Crippen LogP contribution in [0.4, 0.5) is 0 Å². The zero-order valence-electron chi connectivity index (χ0n) is 12.5. The van der Waals surface area contributed by atoms with E-state index in [2.05, 4.69) is 0 Å². The fourth-order valence-corrected chi connectivity index (χ4v) is 4.42. The topological polar surface area (TPSA) is 63.4 Å². The van der Waals surface area contributed by atoms with Crippen molar-refractivity contribution in [2.24, 2.45) is 11.7 Å². The molecule has 0 aliphatic carbocycles. The summed E-state index contributed by atoms with van der Waals surface area (Å²) in [4.78, 5) is 0. The van der Waals surface area contributed by atoms with E-state index in [1.807, 2.05) is 31.2 Å². The molecule has 0 spiro atoms. The molecule has 1 aromatic carbocycles. The minimum atomic E-state index is -3.12. The largest absolute Gasteiger partial charge is 0.322 e. The molecule has 118 valence electrons. The quantitative estimate of drug-likeness (QED) is 0.922. The zero-order valence-corrected chi connectivity index (χ0v) is 14.1. The molecule has 1 saturated heterocycles. The van der Waals surface area contributed by atoms with Gasteiger partial charge in [-0.25, -0.2) is 12.7 Å². The van der Waals surface area contributed by atoms with Crippen molar-refractivity contribution >= 4 is 21.6 Å². The third kappa shape index (κ3) is 4.19. The van der Waals surface area contributed by atoms with Crippen molar-refractivity contribution in [3.8, 4) is 0 Å². The summed E-state index contributed by atoms with van der Waals surface area (Å²) in [5.41, 5.74) is 6.84. The lowest BCUT2D eigenvalue weighted by Gasteiger charge is -2.36. The van der Waals surface area contributed by atoms with Crippen molar-refractivity contribution in [3.05, 3.63) is 34.9 Å². The first kappa shape index (κ1) is 16.7. The molecule has 2 N–H and O–H groups in total. The lowest BCUT2D eigenvalue weighted by atomic mass is 9.81. The van der Waals surface area contributed by atoms with Gasteiger partial charge in [-0.3, -0.25) is 0 Å². The highest BCUT2D eigenvalue weighted by Crippen LogP contribution is 2.34. The van der Waals surface area contributed by atoms with Crippen molar-refractivity contribution in [2.75, 3.05) is 19.3 Å². The minimum absolute atomic E-state index is 0.264. The SMILES string of the molecule is CC(N)(CC1CCCN(S(C)(=O)=O)C1)c1ccccc1Cl. The van der Waals surface area contributed by atoms with Crippen LogP contribution in [0.2, 0.25) is 5.02 Å². The monoisotopic (exact) mass is 330 g/mol. The Labute approximate surface area is 132 Å². The Balaban J connectivity index is 2.12. The van der Waals surface area contributed by atoms with Gasteiger partial charge in [0.05, 0.1) is 6.26 Å². The molecule has 2 unspecified atom stereocenters. The van der Waals surface area contributed by atoms with Crippen LogP contribution in [0.5, 0.6) is 0 Å². The molecular formula is C15H23ClN2O2S. The molecule has 2 rings (SSSR count). The van der Waals surface area contributed by atoms with Gasteiger partial charge >= 0.3 is 0 Å². The molecule has 1 aliphatic rings. The summed E-state index contributed by atoms with van der Waals surface area (Å²) < 4.78 is 24.9. The number of hydrogen-bond donors (Lipinski definition) is 1. The number of rotatable bonds is 4. The van der Waals surface area contributed by atoms with Gasteiger partial charge < -0.3 is 5.73 Å². The van der Waals surface area contributed by atoms with Gasteiger partial charge in [-0.15, -0.1) is 0 Å². The number of sulfonamides is 1. The number of piperidine rings is 1. The summed E-state index contributed by atoms with van der Waals surface area (Å²) in [5.74, 6) is 0.264. The maximum absolute atomic E-state index is 11.7. The van der Waals surface area contributed by atoms with Crippen LogP contribution in [-0.2, 0) is 15.6 Å². The number of nitrogens with two attached hydrogens (primary N) is 1. The predicted molar refractivity (Wildman–Crippen MR) is 86.7 cm³/mol. The van der Waals surface area contributed by atoms with E-state index < -0.39 is 15.6 Å². The van der Waals surface area contributed by atoms with E-state index in [0.29, 0.717) is 18.1 Å². The van der Waals surface area contributed by atoms with Crippen LogP contribution < -0.4 is 5.73 Å². The second-order valence-electron chi connectivity index (χ2n) is 6.23. The number of benzene rings is 1. The van der Waals surface area contributed by atoms with Gasteiger partial charge in [0.25, 0.3) is 0 Å². The molecule has 0 radical (unpaired) electrons. The smallest absolute Gasteiger partial charge is 0.211 e. The van der Waals surface area contributed by atoms with Crippen LogP contribution in [0.1, 0.15) is 31.7 Å². The predicted octanol–water partition coefficient (Wildman–Crippen LogP) is 2.58. The van der Waals surface area contributed by atoms with Gasteiger partial charge in [-0.1, -0.05) is 29.8 Å². The van der Waals surface area contributed by atoms with Crippen LogP contribution in [0.25, 0.3) is 0 Å². The Morgan fingerprint density at radius 3 is 2.71 bits per heavy atom. The van der Waals surface area contributed by atoms with Gasteiger partial charge in [0, 0.05) is 23.7 Å². The van der Waals surface area contributed by atoms with Gasteiger partial charge in [-0.2, -0.15) is 0 Å². The van der Waals surface area contributed by atoms with E-state index in [4.69, 9.17) is 17.3 Å². The first-order valence-corrected chi connectivity index (χ1v) is 9.42. The van der Waals surface area contributed by atoms with Gasteiger partial charge in [-0.05, 0) is 43.7 Å². The Kier molecular flexibility index (Phi) is 4.98. The average Bonchev–Trinajstić information content (AvgIpc) is 2.37. The van der Waals surface area contributed by atoms with Gasteiger partial charge in [0.15, 0.2) is 0 Å². The highest BCUT2D eigenvalue weighted by Gasteiger charge is 2.32. The van der Waals surface area contributed by atoms with Crippen molar-refractivity contribution < 1.29 is 8.42 Å². The first-order valence-electron chi connectivity index (χ1n) is 7.19. The molecule has 21 heavy (non-hydrogen) atoms. The number of hydrogen-bond acceptors (Lipinski definition) is 3. The number of nitrogens with zero attached hydrogens (tertiary/aromatic N) is 1. The van der Waals surface area contributed by atoms with E-state index in [9.17, 15) is 8.42 Å². The minimum Gasteiger partial charge on any atom is -0.322 e. The number of halogens is 1. The standard InChI is InChI=1S/C15H23ClN2O2S/c1-15(17,13-7-3-4-8-14(13)16)10-12-6-5-9-18(11-12)21(2,19)20/h3-4,7-8,12H,5-6,9-11,17H2,1-2H3. The normalized spacial score (nSPS) is 23.7. The summed E-state index contributed by atoms with van der Waals surface area (Å²) in [6, 6.07) is 7.59. The Morgan fingerprint density at radius 1 is 1.43 bits per heavy atom. The Morgan fingerprint density at radius 2 is 2.10 bits per heavy atom. The maximum atomic E-state index is 11.7. The highest BCUT2D eigenvalue weighted by atomic mass is 35.5. The second-order valence-corrected chi connectivity index (χ2v) is 8.62. The van der Waals surface area contributed by atoms with E-state index >= 15 is 0 Å². The average molecular weight is 331 g/mol. The molecule has 0 amide bonds. The molecule has 2 atom stereocenters. The Bertz CT molecular complexity index is 601. The molecular weight excluding hydrogens is 308 g/mol. The first-order chi connectivity index (χ1) is 9.70. The molecule has 1 fully saturated rings. The fourth-order valence-electron chi connectivity index (χ4n) is 3.13. The molecule has 1 aromatic rings. The third-order valence-electron chi connectivity index (χ3n) is 4.15. The summed E-state index contributed by atoms with van der Waals surface area (Å²) >= 11 is 6.24. The molecule has 1 heterocycles. The van der Waals surface area contributed by atoms with E-state index in [0.717, 1.165) is 24.8 Å². The molecule has 4 nitrogen and oxygen atoms in total. The summed E-state index contributed by atoms with van der Waals surface area (Å²) in [5, 5.41) is 0.665. The molecule has 6 heteroatoms. The molecule has 0 aromatic heterocycles. The van der Waals surface area contributed by atoms with Crippen LogP contribution in [0.15, 0.2) is 24.3 Å². The van der Waals surface area contributed by atoms with Crippen LogP contribution in [-0.4, -0.2) is 32.1 Å². The van der Waals surface area contributed by atoms with Gasteiger partial charge in [0.2, 0.25) is 10.0 Å². The maximum Gasteiger partial charge on any atom is 0.211 e. The van der Waals surface area contributed by atoms with Crippen molar-refractivity contribution in [2.45, 2.75) is 31.7 Å². The molecule has 0 saturated carbocycles. The summed E-state index contributed by atoms with van der Waals surface area (Å²) in [6.07, 6.45) is 3.88. The van der Waals surface area contributed by atoms with E-state index in [-0.39, 0.29) is 5.92 Å². The van der Waals surface area contributed by atoms with Gasteiger partial charge in [0.1, 0.15) is 0 Å². The van der Waals surface area contributed by atoms with Crippen LogP contribution >= 0.6 is 11.6 Å². The highest BCUT2D eigenvalue weighted by molar-refractivity contribution is 7.88.